The summed E-state index contributed by atoms with van der Waals surface area (Å²) in [7, 11) is 1.73. The number of methoxy groups -OCH3 is 1. The second-order valence-electron chi connectivity index (χ2n) is 7.90. The molecule has 6 heteroatoms. The Morgan fingerprint density at radius 3 is 2.76 bits per heavy atom. The maximum Gasteiger partial charge on any atom is 0.251 e. The molecule has 0 unspecified atom stereocenters. The van der Waals surface area contributed by atoms with Gasteiger partial charge in [-0.1, -0.05) is 31.0 Å². The summed E-state index contributed by atoms with van der Waals surface area (Å²) in [5.74, 6) is 1.87. The van der Waals surface area contributed by atoms with Crippen LogP contribution in [0, 0.1) is 0 Å². The van der Waals surface area contributed by atoms with Gasteiger partial charge in [-0.2, -0.15) is 0 Å². The second kappa shape index (κ2) is 9.35. The van der Waals surface area contributed by atoms with E-state index in [-0.39, 0.29) is 5.56 Å². The number of aromatic nitrogens is 1. The molecule has 2 aliphatic heterocycles. The summed E-state index contributed by atoms with van der Waals surface area (Å²) >= 11 is 0. The van der Waals surface area contributed by atoms with E-state index >= 15 is 0 Å². The molecule has 6 nitrogen and oxygen atoms in total. The number of hydrogen-bond acceptors (Lipinski definition) is 5. The van der Waals surface area contributed by atoms with Crippen LogP contribution in [0.3, 0.4) is 0 Å². The first-order valence-corrected chi connectivity index (χ1v) is 10.7. The van der Waals surface area contributed by atoms with Crippen LogP contribution in [0.25, 0.3) is 0 Å². The molecule has 0 amide bonds. The van der Waals surface area contributed by atoms with Gasteiger partial charge in [0.25, 0.3) is 5.56 Å². The summed E-state index contributed by atoms with van der Waals surface area (Å²) in [5.41, 5.74) is 2.18. The lowest BCUT2D eigenvalue weighted by molar-refractivity contribution is 0.122. The minimum Gasteiger partial charge on any atom is -0.496 e. The lowest BCUT2D eigenvalue weighted by atomic mass is 10.00. The molecule has 1 atom stereocenters. The van der Waals surface area contributed by atoms with E-state index in [1.54, 1.807) is 13.2 Å². The van der Waals surface area contributed by atoms with Gasteiger partial charge >= 0.3 is 0 Å². The SMILES string of the molecule is COc1ccccc1C[C@@H]1CCCCCN1c1cc(N2CCOCC2)cc(=O)[nH]1. The van der Waals surface area contributed by atoms with Crippen molar-refractivity contribution in [1.82, 2.24) is 4.98 Å². The van der Waals surface area contributed by atoms with E-state index in [0.717, 1.165) is 56.2 Å². The number of aromatic amines is 1. The van der Waals surface area contributed by atoms with E-state index in [4.69, 9.17) is 9.47 Å². The summed E-state index contributed by atoms with van der Waals surface area (Å²) in [6, 6.07) is 12.4. The number of H-pyrrole nitrogens is 1. The number of pyridine rings is 1. The third kappa shape index (κ3) is 4.75. The maximum absolute atomic E-state index is 12.5. The Balaban J connectivity index is 1.63. The minimum absolute atomic E-state index is 0.0377. The van der Waals surface area contributed by atoms with Crippen molar-refractivity contribution in [3.05, 3.63) is 52.3 Å². The van der Waals surface area contributed by atoms with Crippen molar-refractivity contribution >= 4 is 11.5 Å². The van der Waals surface area contributed by atoms with E-state index < -0.39 is 0 Å². The van der Waals surface area contributed by atoms with Crippen molar-refractivity contribution in [3.8, 4) is 5.75 Å². The highest BCUT2D eigenvalue weighted by Crippen LogP contribution is 2.29. The van der Waals surface area contributed by atoms with Crippen LogP contribution in [0.4, 0.5) is 11.5 Å². The predicted octanol–water partition coefficient (Wildman–Crippen LogP) is 3.21. The highest BCUT2D eigenvalue weighted by molar-refractivity contribution is 5.56. The van der Waals surface area contributed by atoms with Crippen LogP contribution in [-0.4, -0.2) is 51.0 Å². The highest BCUT2D eigenvalue weighted by atomic mass is 16.5. The fraction of sp³-hybridized carbons (Fsp3) is 0.522. The summed E-state index contributed by atoms with van der Waals surface area (Å²) in [6.07, 6.45) is 5.61. The van der Waals surface area contributed by atoms with Crippen molar-refractivity contribution in [3.63, 3.8) is 0 Å². The van der Waals surface area contributed by atoms with Crippen LogP contribution in [0.2, 0.25) is 0 Å². The molecule has 4 rings (SSSR count). The Hall–Kier alpha value is -2.47. The number of ether oxygens (including phenoxy) is 2. The number of hydrogen-bond donors (Lipinski definition) is 1. The van der Waals surface area contributed by atoms with Gasteiger partial charge in [-0.15, -0.1) is 0 Å². The lowest BCUT2D eigenvalue weighted by Gasteiger charge is -2.34. The Kier molecular flexibility index (Phi) is 6.39. The Bertz CT molecular complexity index is 860. The number of rotatable bonds is 5. The number of nitrogens with one attached hydrogen (secondary N) is 1. The molecule has 0 bridgehead atoms. The molecule has 1 N–H and O–H groups in total. The van der Waals surface area contributed by atoms with E-state index in [0.29, 0.717) is 19.3 Å². The smallest absolute Gasteiger partial charge is 0.251 e. The first-order chi connectivity index (χ1) is 14.2. The van der Waals surface area contributed by atoms with Gasteiger partial charge in [0.05, 0.1) is 20.3 Å². The van der Waals surface area contributed by atoms with Gasteiger partial charge < -0.3 is 24.3 Å². The molecule has 2 aromatic rings. The summed E-state index contributed by atoms with van der Waals surface area (Å²) in [5, 5.41) is 0. The normalized spacial score (nSPS) is 20.4. The third-order valence-corrected chi connectivity index (χ3v) is 6.03. The monoisotopic (exact) mass is 397 g/mol. The van der Waals surface area contributed by atoms with Gasteiger partial charge in [0.1, 0.15) is 11.6 Å². The Morgan fingerprint density at radius 2 is 1.93 bits per heavy atom. The molecule has 0 aliphatic carbocycles. The molecule has 29 heavy (non-hydrogen) atoms. The standard InChI is InChI=1S/C23H31N3O3/c1-28-21-9-5-4-7-18(21)15-19-8-3-2-6-10-26(19)22-16-20(17-23(27)24-22)25-11-13-29-14-12-25/h4-5,7,9,16-17,19H,2-3,6,8,10-15H2,1H3,(H,24,27)/t19-/m0/s1. The van der Waals surface area contributed by atoms with Gasteiger partial charge in [-0.25, -0.2) is 0 Å². The fourth-order valence-corrected chi connectivity index (χ4v) is 4.51. The number of anilines is 2. The summed E-state index contributed by atoms with van der Waals surface area (Å²) in [4.78, 5) is 20.3. The van der Waals surface area contributed by atoms with Crippen LogP contribution in [0.1, 0.15) is 31.2 Å². The van der Waals surface area contributed by atoms with E-state index in [9.17, 15) is 4.79 Å². The topological polar surface area (TPSA) is 57.8 Å². The van der Waals surface area contributed by atoms with Crippen LogP contribution < -0.4 is 20.1 Å². The molecule has 0 spiro atoms. The number of benzene rings is 1. The van der Waals surface area contributed by atoms with E-state index in [1.165, 1.54) is 18.4 Å². The predicted molar refractivity (Wildman–Crippen MR) is 116 cm³/mol. The zero-order valence-corrected chi connectivity index (χ0v) is 17.2. The molecule has 156 valence electrons. The van der Waals surface area contributed by atoms with Crippen molar-refractivity contribution in [1.29, 1.82) is 0 Å². The molecule has 2 aliphatic rings. The van der Waals surface area contributed by atoms with Crippen LogP contribution >= 0.6 is 0 Å². The summed E-state index contributed by atoms with van der Waals surface area (Å²) < 4.78 is 11.1. The van der Waals surface area contributed by atoms with Gasteiger partial charge in [-0.05, 0) is 30.9 Å². The van der Waals surface area contributed by atoms with E-state index in [2.05, 4.69) is 33.0 Å². The zero-order chi connectivity index (χ0) is 20.1. The van der Waals surface area contributed by atoms with Crippen molar-refractivity contribution in [2.45, 2.75) is 38.1 Å². The zero-order valence-electron chi connectivity index (χ0n) is 17.2. The molecular formula is C23H31N3O3. The average molecular weight is 398 g/mol. The number of para-hydroxylation sites is 1. The van der Waals surface area contributed by atoms with Gasteiger partial charge in [0, 0.05) is 43.5 Å². The molecule has 0 radical (unpaired) electrons. The maximum atomic E-state index is 12.5. The van der Waals surface area contributed by atoms with Crippen molar-refractivity contribution < 1.29 is 9.47 Å². The third-order valence-electron chi connectivity index (χ3n) is 6.03. The van der Waals surface area contributed by atoms with Crippen molar-refractivity contribution in [2.24, 2.45) is 0 Å². The molecule has 2 fully saturated rings. The fourth-order valence-electron chi connectivity index (χ4n) is 4.51. The second-order valence-corrected chi connectivity index (χ2v) is 7.90. The van der Waals surface area contributed by atoms with Crippen LogP contribution in [0.5, 0.6) is 5.75 Å². The highest BCUT2D eigenvalue weighted by Gasteiger charge is 2.24. The van der Waals surface area contributed by atoms with Gasteiger partial charge in [-0.3, -0.25) is 4.79 Å². The largest absolute Gasteiger partial charge is 0.496 e. The summed E-state index contributed by atoms with van der Waals surface area (Å²) in [6.45, 7) is 4.04. The first-order valence-electron chi connectivity index (χ1n) is 10.7. The molecule has 1 aromatic heterocycles. The lowest BCUT2D eigenvalue weighted by Crippen LogP contribution is -2.39. The van der Waals surface area contributed by atoms with Crippen LogP contribution in [0.15, 0.2) is 41.2 Å². The van der Waals surface area contributed by atoms with Crippen molar-refractivity contribution in [2.75, 3.05) is 49.8 Å². The number of nitrogens with zero attached hydrogens (tertiary/aromatic N) is 2. The van der Waals surface area contributed by atoms with Gasteiger partial charge in [0.15, 0.2) is 0 Å². The first kappa shape index (κ1) is 19.8. The molecule has 1 aromatic carbocycles. The minimum atomic E-state index is -0.0377. The van der Waals surface area contributed by atoms with E-state index in [1.807, 2.05) is 12.1 Å². The molecule has 3 heterocycles. The quantitative estimate of drug-likeness (QED) is 0.840. The van der Waals surface area contributed by atoms with Crippen LogP contribution in [-0.2, 0) is 11.2 Å². The number of morpholine rings is 1. The Morgan fingerprint density at radius 1 is 1.10 bits per heavy atom. The molecule has 2 saturated heterocycles. The molecule has 0 saturated carbocycles. The average Bonchev–Trinajstić information content (AvgIpc) is 3.00. The van der Waals surface area contributed by atoms with Gasteiger partial charge in [0.2, 0.25) is 0 Å². The molecular weight excluding hydrogens is 366 g/mol. The Labute approximate surface area is 172 Å².